The lowest BCUT2D eigenvalue weighted by Gasteiger charge is -2.26. The van der Waals surface area contributed by atoms with Crippen LogP contribution in [-0.2, 0) is 56.4 Å². The first kappa shape index (κ1) is 96.7. The number of nitrogens with zero attached hydrogens (tertiary/aromatic N) is 10. The Balaban J connectivity index is 0.000000120. The van der Waals surface area contributed by atoms with Crippen LogP contribution in [0.4, 0.5) is 8.78 Å². The average molecular weight is 1980 g/mol. The molecule has 5 aliphatic rings. The van der Waals surface area contributed by atoms with E-state index in [4.69, 9.17) is 81.7 Å². The Morgan fingerprint density at radius 2 is 0.576 bits per heavy atom. The second-order valence-electron chi connectivity index (χ2n) is 33.2. The van der Waals surface area contributed by atoms with Gasteiger partial charge in [-0.15, -0.1) is 56.7 Å². The van der Waals surface area contributed by atoms with Crippen molar-refractivity contribution in [2.45, 2.75) is 67.3 Å². The van der Waals surface area contributed by atoms with E-state index in [0.717, 1.165) is 265 Å². The van der Waals surface area contributed by atoms with Gasteiger partial charge >= 0.3 is 0 Å². The maximum absolute atomic E-state index is 14.0. The quantitative estimate of drug-likeness (QED) is 0.0494. The van der Waals surface area contributed by atoms with E-state index >= 15 is 0 Å². The zero-order valence-electron chi connectivity index (χ0n) is 74.1. The summed E-state index contributed by atoms with van der Waals surface area (Å²) in [7, 11) is 0. The minimum Gasteiger partial charge on any atom is -0.379 e. The molecule has 0 N–H and O–H groups in total. The molecule has 5 fully saturated rings. The molecule has 0 unspecified atom stereocenters. The molecule has 10 aromatic heterocycles. The Bertz CT molecular complexity index is 6590. The van der Waals surface area contributed by atoms with Gasteiger partial charge in [-0.2, -0.15) is 0 Å². The number of rotatable bonds is 25. The van der Waals surface area contributed by atoms with E-state index in [9.17, 15) is 32.8 Å². The van der Waals surface area contributed by atoms with E-state index in [1.807, 2.05) is 67.6 Å². The molecule has 0 bridgehead atoms. The molecule has 0 atom stereocenters. The number of morpholine rings is 5. The van der Waals surface area contributed by atoms with Crippen LogP contribution in [-0.4, -0.2) is 240 Å². The highest BCUT2D eigenvalue weighted by Gasteiger charge is 2.27. The smallest absolute Gasteiger partial charge is 0.206 e. The predicted molar refractivity (Wildman–Crippen MR) is 533 cm³/mol. The standard InChI is InChI=1S/2C20H20Cl2N2O2S.C20H21ClN2O2S.C20H20F2N2O2S.C20H22N2O2S/c1-13-10-14-11-18(19(25)16-3-2-15(21)12-17(16)22)27-20(14)24(13)5-4-23-6-8-26-9-7-23;1-13-10-15-12-18(19(25)14-2-3-16(21)17(22)11-14)27-20(15)24(13)5-4-23-6-8-26-9-7-23;1-14-12-16-13-18(19(24)15-2-4-17(21)5-3-15)26-20(16)23(14)7-6-22-8-10-25-11-9-22;1-13-11-14-12-17(19(25)15-3-2-4-16(21)18(15)22)27-20(14)24(13)6-5-23-7-9-26-10-8-23;1-15-13-17-14-18(19(23)16-5-3-2-4-6-16)25-20(17)22(15)8-7-21-9-11-24-12-10-21/h2*2-3,10-12H,4-9H2,1H3;2-5,12-13H,6-11H2,1H3;2-4,11-12H,5-10H2,1H3;2-6,13-14H,7-12H2,1H3. The van der Waals surface area contributed by atoms with Crippen molar-refractivity contribution in [1.29, 1.82) is 0 Å². The number of hydrogen-bond acceptors (Lipinski definition) is 20. The largest absolute Gasteiger partial charge is 0.379 e. The first-order chi connectivity index (χ1) is 63.9. The van der Waals surface area contributed by atoms with Crippen molar-refractivity contribution in [2.24, 2.45) is 0 Å². The number of thiophene rings is 5. The third-order valence-corrected chi connectivity index (χ3v) is 31.8. The number of hydrogen-bond donors (Lipinski definition) is 0. The number of ether oxygens (including phenoxy) is 5. The molecule has 5 aromatic carbocycles. The van der Waals surface area contributed by atoms with Crippen molar-refractivity contribution in [3.05, 3.63) is 287 Å². The molecule has 15 heterocycles. The molecule has 692 valence electrons. The first-order valence-corrected chi connectivity index (χ1v) is 50.3. The van der Waals surface area contributed by atoms with E-state index in [-0.39, 0.29) is 28.7 Å². The van der Waals surface area contributed by atoms with Crippen molar-refractivity contribution < 1.29 is 56.4 Å². The summed E-state index contributed by atoms with van der Waals surface area (Å²) in [6.07, 6.45) is 0. The second kappa shape index (κ2) is 45.0. The Labute approximate surface area is 810 Å². The fraction of sp³-hybridized carbons (Fsp3) is 0.350. The zero-order chi connectivity index (χ0) is 92.2. The highest BCUT2D eigenvalue weighted by atomic mass is 35.5. The summed E-state index contributed by atoms with van der Waals surface area (Å²) in [5.74, 6) is -2.49. The Hall–Kier alpha value is -8.44. The summed E-state index contributed by atoms with van der Waals surface area (Å²) in [6, 6.07) is 50.7. The van der Waals surface area contributed by atoms with Crippen molar-refractivity contribution in [3.63, 3.8) is 0 Å². The number of aromatic nitrogens is 5. The lowest BCUT2D eigenvalue weighted by molar-refractivity contribution is 0.0364. The Morgan fingerprint density at radius 1 is 0.280 bits per heavy atom. The summed E-state index contributed by atoms with van der Waals surface area (Å²) < 4.78 is 65.9. The second-order valence-corrected chi connectivity index (χ2v) is 40.4. The molecular formula is C100H103Cl5F2N10O10S5. The Morgan fingerprint density at radius 3 is 0.902 bits per heavy atom. The monoisotopic (exact) mass is 1980 g/mol. The number of halogens is 7. The maximum atomic E-state index is 14.0. The van der Waals surface area contributed by atoms with E-state index in [2.05, 4.69) is 99.3 Å². The van der Waals surface area contributed by atoms with Crippen LogP contribution in [0.25, 0.3) is 51.1 Å². The van der Waals surface area contributed by atoms with Gasteiger partial charge in [0.05, 0.1) is 111 Å². The molecule has 132 heavy (non-hydrogen) atoms. The lowest BCUT2D eigenvalue weighted by Crippen LogP contribution is -2.38. The number of benzene rings is 5. The van der Waals surface area contributed by atoms with Crippen LogP contribution >= 0.6 is 115 Å². The van der Waals surface area contributed by atoms with E-state index < -0.39 is 17.4 Å². The molecule has 0 spiro atoms. The van der Waals surface area contributed by atoms with Gasteiger partial charge in [0.2, 0.25) is 28.9 Å². The van der Waals surface area contributed by atoms with Crippen molar-refractivity contribution >= 4 is 195 Å². The fourth-order valence-electron chi connectivity index (χ4n) is 17.0. The third-order valence-electron chi connectivity index (χ3n) is 24.4. The van der Waals surface area contributed by atoms with E-state index in [0.29, 0.717) is 51.6 Å². The number of carbonyl (C=O) groups excluding carboxylic acids is 5. The number of aryl methyl sites for hydroxylation is 5. The highest BCUT2D eigenvalue weighted by molar-refractivity contribution is 7.22. The minimum absolute atomic E-state index is 0.0212. The summed E-state index contributed by atoms with van der Waals surface area (Å²) in [6.45, 7) is 37.8. The van der Waals surface area contributed by atoms with Crippen LogP contribution in [0.3, 0.4) is 0 Å². The highest BCUT2D eigenvalue weighted by Crippen LogP contribution is 2.38. The van der Waals surface area contributed by atoms with Gasteiger partial charge in [-0.05, 0) is 168 Å². The molecular weight excluding hydrogens is 1880 g/mol. The van der Waals surface area contributed by atoms with Gasteiger partial charge in [0.25, 0.3) is 0 Å². The van der Waals surface area contributed by atoms with Gasteiger partial charge in [0.1, 0.15) is 24.2 Å². The van der Waals surface area contributed by atoms with Crippen LogP contribution in [0.5, 0.6) is 0 Å². The van der Waals surface area contributed by atoms with Gasteiger partial charge in [-0.25, -0.2) is 8.78 Å². The maximum Gasteiger partial charge on any atom is 0.206 e. The summed E-state index contributed by atoms with van der Waals surface area (Å²) >= 11 is 37.7. The molecule has 0 radical (unpaired) electrons. The molecule has 15 aromatic rings. The molecule has 32 heteroatoms. The van der Waals surface area contributed by atoms with Gasteiger partial charge < -0.3 is 46.5 Å². The van der Waals surface area contributed by atoms with Gasteiger partial charge in [0, 0.05) is 219 Å². The van der Waals surface area contributed by atoms with Gasteiger partial charge in [-0.1, -0.05) is 94.4 Å². The predicted octanol–water partition coefficient (Wildman–Crippen LogP) is 21.4. The topological polar surface area (TPSA) is 172 Å². The van der Waals surface area contributed by atoms with Crippen LogP contribution < -0.4 is 0 Å². The number of fused-ring (bicyclic) bond motifs is 5. The van der Waals surface area contributed by atoms with Crippen molar-refractivity contribution in [2.75, 3.05) is 164 Å². The summed E-state index contributed by atoms with van der Waals surface area (Å²) in [5, 5.41) is 7.90. The minimum atomic E-state index is -1.09. The molecule has 0 amide bonds. The summed E-state index contributed by atoms with van der Waals surface area (Å²) in [4.78, 5) is 85.0. The van der Waals surface area contributed by atoms with Crippen LogP contribution in [0.2, 0.25) is 25.1 Å². The van der Waals surface area contributed by atoms with Gasteiger partial charge in [0.15, 0.2) is 11.6 Å². The molecule has 20 rings (SSSR count). The lowest BCUT2D eigenvalue weighted by atomic mass is 10.1. The van der Waals surface area contributed by atoms with E-state index in [1.165, 1.54) is 84.0 Å². The molecule has 20 nitrogen and oxygen atoms in total. The van der Waals surface area contributed by atoms with E-state index in [1.54, 1.807) is 89.4 Å². The van der Waals surface area contributed by atoms with Crippen LogP contribution in [0.1, 0.15) is 105 Å². The number of carbonyl (C=O) groups is 5. The van der Waals surface area contributed by atoms with Crippen molar-refractivity contribution in [3.8, 4) is 0 Å². The Kier molecular flexibility index (Phi) is 33.0. The van der Waals surface area contributed by atoms with Gasteiger partial charge in [-0.3, -0.25) is 48.5 Å². The SMILES string of the molecule is Cc1cc2cc(C(=O)c3ccc(Cl)c(Cl)c3)sc2n1CCN1CCOCC1.Cc1cc2cc(C(=O)c3ccc(Cl)cc3)sc2n1CCN1CCOCC1.Cc1cc2cc(C(=O)c3ccc(Cl)cc3Cl)sc2n1CCN1CCOCC1.Cc1cc2cc(C(=O)c3cccc(F)c3F)sc2n1CCN1CCOCC1.Cc1cc2cc(C(=O)c3ccccc3)sc2n1CCN1CCOCC1. The molecule has 0 aliphatic carbocycles. The molecule has 0 saturated carbocycles. The summed E-state index contributed by atoms with van der Waals surface area (Å²) in [5.41, 5.74) is 8.31. The third kappa shape index (κ3) is 23.4. The average Bonchev–Trinajstić information content (AvgIpc) is 1.93. The van der Waals surface area contributed by atoms with Crippen LogP contribution in [0.15, 0.2) is 170 Å². The first-order valence-electron chi connectivity index (χ1n) is 44.3. The fourth-order valence-corrected chi connectivity index (χ4v) is 23.9. The zero-order valence-corrected chi connectivity index (χ0v) is 82.0. The van der Waals surface area contributed by atoms with Crippen LogP contribution in [0, 0.1) is 46.3 Å². The molecule has 5 aliphatic heterocycles. The normalized spacial score (nSPS) is 15.6. The van der Waals surface area contributed by atoms with Crippen molar-refractivity contribution in [1.82, 2.24) is 47.3 Å². The number of ketones is 5. The molecule has 5 saturated heterocycles.